The fourth-order valence-electron chi connectivity index (χ4n) is 3.16. The summed E-state index contributed by atoms with van der Waals surface area (Å²) in [5.41, 5.74) is 2.07. The van der Waals surface area contributed by atoms with E-state index in [0.29, 0.717) is 24.6 Å². The van der Waals surface area contributed by atoms with Crippen molar-refractivity contribution in [3.63, 3.8) is 0 Å². The third kappa shape index (κ3) is 4.53. The highest BCUT2D eigenvalue weighted by molar-refractivity contribution is 6.30. The first kappa shape index (κ1) is 17.8. The topological polar surface area (TPSA) is 41.6 Å². The number of halogens is 1. The molecule has 1 unspecified atom stereocenters. The Morgan fingerprint density at radius 3 is 2.80 bits per heavy atom. The molecule has 0 saturated carbocycles. The summed E-state index contributed by atoms with van der Waals surface area (Å²) in [6.07, 6.45) is 0.392. The van der Waals surface area contributed by atoms with Crippen LogP contribution in [0.1, 0.15) is 24.1 Å². The smallest absolute Gasteiger partial charge is 0.227 e. The largest absolute Gasteiger partial charge is 0.494 e. The standard InChI is InChI=1S/C20H23ClN2O2/c1-2-25-18-8-6-15(7-9-18)12-20(24)23-11-10-22-14-19(23)16-4-3-5-17(21)13-16/h3-9,13,19,22H,2,10-12,14H2,1H3. The van der Waals surface area contributed by atoms with Crippen molar-refractivity contribution in [1.82, 2.24) is 10.2 Å². The Morgan fingerprint density at radius 2 is 2.08 bits per heavy atom. The molecule has 2 aromatic rings. The quantitative estimate of drug-likeness (QED) is 0.890. The van der Waals surface area contributed by atoms with E-state index in [2.05, 4.69) is 5.32 Å². The van der Waals surface area contributed by atoms with E-state index in [4.69, 9.17) is 16.3 Å². The average Bonchev–Trinajstić information content (AvgIpc) is 2.63. The summed E-state index contributed by atoms with van der Waals surface area (Å²) < 4.78 is 5.45. The van der Waals surface area contributed by atoms with Gasteiger partial charge in [-0.25, -0.2) is 0 Å². The third-order valence-corrected chi connectivity index (χ3v) is 4.62. The highest BCUT2D eigenvalue weighted by Crippen LogP contribution is 2.25. The summed E-state index contributed by atoms with van der Waals surface area (Å²) in [5, 5.41) is 4.07. The Balaban J connectivity index is 1.72. The Bertz CT molecular complexity index is 718. The van der Waals surface area contributed by atoms with Crippen LogP contribution in [0.15, 0.2) is 48.5 Å². The summed E-state index contributed by atoms with van der Waals surface area (Å²) in [5.74, 6) is 0.966. The van der Waals surface area contributed by atoms with Gasteiger partial charge in [-0.2, -0.15) is 0 Å². The van der Waals surface area contributed by atoms with Crippen molar-refractivity contribution in [1.29, 1.82) is 0 Å². The predicted octanol–water partition coefficient (Wildman–Crippen LogP) is 3.45. The van der Waals surface area contributed by atoms with Gasteiger partial charge in [0, 0.05) is 24.7 Å². The maximum absolute atomic E-state index is 12.9. The van der Waals surface area contributed by atoms with Gasteiger partial charge in [0.2, 0.25) is 5.91 Å². The van der Waals surface area contributed by atoms with Gasteiger partial charge in [0.1, 0.15) is 5.75 Å². The van der Waals surface area contributed by atoms with Crippen molar-refractivity contribution in [2.24, 2.45) is 0 Å². The maximum atomic E-state index is 12.9. The number of amides is 1. The van der Waals surface area contributed by atoms with E-state index in [9.17, 15) is 4.79 Å². The van der Waals surface area contributed by atoms with Crippen molar-refractivity contribution in [2.45, 2.75) is 19.4 Å². The van der Waals surface area contributed by atoms with Gasteiger partial charge in [0.25, 0.3) is 0 Å². The van der Waals surface area contributed by atoms with Gasteiger partial charge in [-0.15, -0.1) is 0 Å². The summed E-state index contributed by atoms with van der Waals surface area (Å²) in [6.45, 7) is 4.85. The van der Waals surface area contributed by atoms with E-state index in [0.717, 1.165) is 30.0 Å². The zero-order chi connectivity index (χ0) is 17.6. The molecule has 1 aliphatic rings. The van der Waals surface area contributed by atoms with Gasteiger partial charge in [0.05, 0.1) is 19.1 Å². The molecular formula is C20H23ClN2O2. The van der Waals surface area contributed by atoms with Gasteiger partial charge in [-0.05, 0) is 42.3 Å². The molecule has 4 nitrogen and oxygen atoms in total. The van der Waals surface area contributed by atoms with Gasteiger partial charge < -0.3 is 15.0 Å². The summed E-state index contributed by atoms with van der Waals surface area (Å²) in [6, 6.07) is 15.5. The van der Waals surface area contributed by atoms with Crippen LogP contribution in [0.3, 0.4) is 0 Å². The minimum Gasteiger partial charge on any atom is -0.494 e. The Morgan fingerprint density at radius 1 is 1.28 bits per heavy atom. The van der Waals surface area contributed by atoms with Crippen LogP contribution >= 0.6 is 11.6 Å². The van der Waals surface area contributed by atoms with Crippen molar-refractivity contribution in [2.75, 3.05) is 26.2 Å². The van der Waals surface area contributed by atoms with E-state index in [1.807, 2.05) is 60.4 Å². The first-order valence-corrected chi connectivity index (χ1v) is 9.02. The average molecular weight is 359 g/mol. The van der Waals surface area contributed by atoms with E-state index in [1.165, 1.54) is 0 Å². The highest BCUT2D eigenvalue weighted by Gasteiger charge is 2.27. The summed E-state index contributed by atoms with van der Waals surface area (Å²) in [7, 11) is 0. The molecule has 0 aromatic heterocycles. The van der Waals surface area contributed by atoms with Crippen molar-refractivity contribution < 1.29 is 9.53 Å². The summed E-state index contributed by atoms with van der Waals surface area (Å²) >= 11 is 6.13. The SMILES string of the molecule is CCOc1ccc(CC(=O)N2CCNCC2c2cccc(Cl)c2)cc1. The van der Waals surface area contributed by atoms with Crippen LogP contribution in [0.4, 0.5) is 0 Å². The predicted molar refractivity (Wildman–Crippen MR) is 100 cm³/mol. The fourth-order valence-corrected chi connectivity index (χ4v) is 3.36. The number of carbonyl (C=O) groups is 1. The summed E-state index contributed by atoms with van der Waals surface area (Å²) in [4.78, 5) is 14.8. The molecule has 0 spiro atoms. The minimum absolute atomic E-state index is 0.0163. The number of hydrogen-bond donors (Lipinski definition) is 1. The molecule has 1 fully saturated rings. The molecule has 1 N–H and O–H groups in total. The molecule has 3 rings (SSSR count). The molecule has 25 heavy (non-hydrogen) atoms. The van der Waals surface area contributed by atoms with Gasteiger partial charge in [-0.1, -0.05) is 35.9 Å². The molecule has 2 aromatic carbocycles. The lowest BCUT2D eigenvalue weighted by Crippen LogP contribution is -2.49. The lowest BCUT2D eigenvalue weighted by atomic mass is 10.0. The Labute approximate surface area is 153 Å². The molecular weight excluding hydrogens is 336 g/mol. The van der Waals surface area contributed by atoms with Crippen LogP contribution in [0, 0.1) is 0 Å². The second-order valence-electron chi connectivity index (χ2n) is 6.12. The lowest BCUT2D eigenvalue weighted by Gasteiger charge is -2.36. The van der Waals surface area contributed by atoms with E-state index < -0.39 is 0 Å². The van der Waals surface area contributed by atoms with Crippen LogP contribution in [-0.4, -0.2) is 37.0 Å². The van der Waals surface area contributed by atoms with Crippen molar-refractivity contribution in [3.8, 4) is 5.75 Å². The van der Waals surface area contributed by atoms with Crippen molar-refractivity contribution in [3.05, 3.63) is 64.7 Å². The molecule has 0 aliphatic carbocycles. The number of rotatable bonds is 5. The fraction of sp³-hybridized carbons (Fsp3) is 0.350. The van der Waals surface area contributed by atoms with Crippen LogP contribution < -0.4 is 10.1 Å². The molecule has 1 atom stereocenters. The number of benzene rings is 2. The maximum Gasteiger partial charge on any atom is 0.227 e. The van der Waals surface area contributed by atoms with Gasteiger partial charge in [-0.3, -0.25) is 4.79 Å². The number of carbonyl (C=O) groups excluding carboxylic acids is 1. The molecule has 1 amide bonds. The Kier molecular flexibility index (Phi) is 5.95. The van der Waals surface area contributed by atoms with E-state index in [-0.39, 0.29) is 11.9 Å². The van der Waals surface area contributed by atoms with Gasteiger partial charge >= 0.3 is 0 Å². The minimum atomic E-state index is 0.0163. The van der Waals surface area contributed by atoms with E-state index in [1.54, 1.807) is 0 Å². The zero-order valence-corrected chi connectivity index (χ0v) is 15.1. The normalized spacial score (nSPS) is 17.4. The molecule has 1 heterocycles. The second kappa shape index (κ2) is 8.37. The number of nitrogens with zero attached hydrogens (tertiary/aromatic N) is 1. The molecule has 1 saturated heterocycles. The number of ether oxygens (including phenoxy) is 1. The van der Waals surface area contributed by atoms with Gasteiger partial charge in [0.15, 0.2) is 0 Å². The lowest BCUT2D eigenvalue weighted by molar-refractivity contribution is -0.133. The molecule has 5 heteroatoms. The van der Waals surface area contributed by atoms with Crippen LogP contribution in [-0.2, 0) is 11.2 Å². The first-order chi connectivity index (χ1) is 12.2. The Hall–Kier alpha value is -2.04. The van der Waals surface area contributed by atoms with Crippen molar-refractivity contribution >= 4 is 17.5 Å². The third-order valence-electron chi connectivity index (χ3n) is 4.39. The molecule has 0 bridgehead atoms. The number of piperazine rings is 1. The van der Waals surface area contributed by atoms with E-state index >= 15 is 0 Å². The van der Waals surface area contributed by atoms with Crippen LogP contribution in [0.2, 0.25) is 5.02 Å². The molecule has 132 valence electrons. The number of hydrogen-bond acceptors (Lipinski definition) is 3. The first-order valence-electron chi connectivity index (χ1n) is 8.64. The molecule has 0 radical (unpaired) electrons. The highest BCUT2D eigenvalue weighted by atomic mass is 35.5. The monoisotopic (exact) mass is 358 g/mol. The zero-order valence-electron chi connectivity index (χ0n) is 14.4. The number of nitrogens with one attached hydrogen (secondary N) is 1. The van der Waals surface area contributed by atoms with Crippen LogP contribution in [0.5, 0.6) is 5.75 Å². The van der Waals surface area contributed by atoms with Crippen LogP contribution in [0.25, 0.3) is 0 Å². The molecule has 1 aliphatic heterocycles. The second-order valence-corrected chi connectivity index (χ2v) is 6.55.